The maximum Gasteiger partial charge on any atom is 0.317 e. The summed E-state index contributed by atoms with van der Waals surface area (Å²) in [5, 5.41) is 12.5. The number of nitrogens with one attached hydrogen (secondary N) is 1. The predicted molar refractivity (Wildman–Crippen MR) is 121 cm³/mol. The molecule has 174 valence electrons. The van der Waals surface area contributed by atoms with Crippen molar-refractivity contribution in [3.63, 3.8) is 0 Å². The van der Waals surface area contributed by atoms with Crippen molar-refractivity contribution >= 4 is 22.1 Å². The fourth-order valence-electron chi connectivity index (χ4n) is 3.48. The van der Waals surface area contributed by atoms with Crippen LogP contribution in [0.25, 0.3) is 6.08 Å². The summed E-state index contributed by atoms with van der Waals surface area (Å²) in [5.74, 6) is 0.0355. The molecule has 8 nitrogen and oxygen atoms in total. The lowest BCUT2D eigenvalue weighted by atomic mass is 10.0. The van der Waals surface area contributed by atoms with E-state index in [4.69, 9.17) is 4.74 Å². The molecule has 0 saturated carbocycles. The number of urea groups is 1. The third-order valence-corrected chi connectivity index (χ3v) is 7.40. The highest BCUT2D eigenvalue weighted by atomic mass is 32.2. The molecule has 1 aliphatic heterocycles. The van der Waals surface area contributed by atoms with Crippen molar-refractivity contribution in [3.05, 3.63) is 29.8 Å². The molecular weight excluding hydrogens is 418 g/mol. The fourth-order valence-corrected chi connectivity index (χ4v) is 5.30. The maximum absolute atomic E-state index is 13.4. The van der Waals surface area contributed by atoms with Crippen LogP contribution in [0.15, 0.2) is 29.2 Å². The molecule has 31 heavy (non-hydrogen) atoms. The molecule has 1 aliphatic rings. The van der Waals surface area contributed by atoms with Crippen molar-refractivity contribution < 1.29 is 23.1 Å². The van der Waals surface area contributed by atoms with E-state index in [0.717, 1.165) is 12.0 Å². The smallest absolute Gasteiger partial charge is 0.317 e. The lowest BCUT2D eigenvalue weighted by molar-refractivity contribution is 0.0812. The lowest BCUT2D eigenvalue weighted by Crippen LogP contribution is -2.51. The van der Waals surface area contributed by atoms with Crippen LogP contribution >= 0.6 is 0 Å². The Kier molecular flexibility index (Phi) is 8.90. The van der Waals surface area contributed by atoms with Gasteiger partial charge in [0.25, 0.3) is 0 Å². The molecule has 0 saturated heterocycles. The molecule has 2 N–H and O–H groups in total. The minimum Gasteiger partial charge on any atom is -0.487 e. The van der Waals surface area contributed by atoms with Crippen LogP contribution in [0.1, 0.15) is 39.7 Å². The van der Waals surface area contributed by atoms with E-state index in [-0.39, 0.29) is 35.7 Å². The Hall–Kier alpha value is -2.10. The first-order chi connectivity index (χ1) is 14.6. The largest absolute Gasteiger partial charge is 0.487 e. The van der Waals surface area contributed by atoms with E-state index in [0.29, 0.717) is 13.1 Å². The zero-order valence-electron chi connectivity index (χ0n) is 19.0. The number of benzene rings is 1. The van der Waals surface area contributed by atoms with Gasteiger partial charge in [-0.1, -0.05) is 32.1 Å². The van der Waals surface area contributed by atoms with Crippen LogP contribution in [0.2, 0.25) is 0 Å². The molecule has 0 spiro atoms. The lowest BCUT2D eigenvalue weighted by Gasteiger charge is -2.37. The number of aliphatic hydroxyl groups excluding tert-OH is 1. The summed E-state index contributed by atoms with van der Waals surface area (Å²) < 4.78 is 34.3. The normalized spacial score (nSPS) is 22.1. The van der Waals surface area contributed by atoms with Gasteiger partial charge in [-0.25, -0.2) is 13.2 Å². The highest BCUT2D eigenvalue weighted by Crippen LogP contribution is 2.34. The summed E-state index contributed by atoms with van der Waals surface area (Å²) in [7, 11) is -2.17. The second-order valence-corrected chi connectivity index (χ2v) is 9.92. The second kappa shape index (κ2) is 11.0. The van der Waals surface area contributed by atoms with Crippen LogP contribution in [0.4, 0.5) is 4.79 Å². The molecule has 3 atom stereocenters. The molecule has 9 heteroatoms. The first-order valence-electron chi connectivity index (χ1n) is 10.7. The molecule has 2 rings (SSSR count). The number of fused-ring (bicyclic) bond motifs is 1. The van der Waals surface area contributed by atoms with E-state index in [1.807, 2.05) is 32.9 Å². The topological polar surface area (TPSA) is 99.2 Å². The summed E-state index contributed by atoms with van der Waals surface area (Å²) in [4.78, 5) is 14.0. The summed E-state index contributed by atoms with van der Waals surface area (Å²) in [6.45, 7) is 8.21. The van der Waals surface area contributed by atoms with Gasteiger partial charge in [-0.3, -0.25) is 0 Å². The van der Waals surface area contributed by atoms with Gasteiger partial charge in [0.1, 0.15) is 16.7 Å². The highest BCUT2D eigenvalue weighted by molar-refractivity contribution is 7.89. The highest BCUT2D eigenvalue weighted by Gasteiger charge is 2.38. The van der Waals surface area contributed by atoms with Gasteiger partial charge in [-0.2, -0.15) is 4.31 Å². The van der Waals surface area contributed by atoms with Gasteiger partial charge < -0.3 is 20.1 Å². The van der Waals surface area contributed by atoms with Gasteiger partial charge in [-0.05, 0) is 38.0 Å². The summed E-state index contributed by atoms with van der Waals surface area (Å²) in [6, 6.07) is 4.19. The molecule has 1 aromatic rings. The van der Waals surface area contributed by atoms with Crippen LogP contribution in [-0.2, 0) is 10.0 Å². The SMILES string of the molecule is CC=Cc1ccc2c(c1)O[C@@H](CN(C)C(=O)NCCC)[C@H](C)CN([C@@H](C)CO)S2(=O)=O. The molecule has 0 radical (unpaired) electrons. The molecule has 0 bridgehead atoms. The molecule has 0 fully saturated rings. The van der Waals surface area contributed by atoms with E-state index in [1.54, 1.807) is 37.1 Å². The van der Waals surface area contributed by atoms with Gasteiger partial charge in [0, 0.05) is 32.1 Å². The van der Waals surface area contributed by atoms with E-state index in [2.05, 4.69) is 5.32 Å². The van der Waals surface area contributed by atoms with Crippen LogP contribution in [0, 0.1) is 5.92 Å². The van der Waals surface area contributed by atoms with Crippen molar-refractivity contribution in [2.24, 2.45) is 5.92 Å². The third-order valence-electron chi connectivity index (χ3n) is 5.38. The number of ether oxygens (including phenoxy) is 1. The van der Waals surface area contributed by atoms with Crippen LogP contribution in [0.3, 0.4) is 0 Å². The maximum atomic E-state index is 13.4. The number of allylic oxidation sites excluding steroid dienone is 1. The first kappa shape index (κ1) is 25.2. The Balaban J connectivity index is 2.47. The zero-order chi connectivity index (χ0) is 23.2. The average Bonchev–Trinajstić information content (AvgIpc) is 2.73. The minimum atomic E-state index is -3.87. The number of nitrogens with zero attached hydrogens (tertiary/aromatic N) is 2. The Morgan fingerprint density at radius 2 is 2.16 bits per heavy atom. The Bertz CT molecular complexity index is 887. The Labute approximate surface area is 185 Å². The first-order valence-corrected chi connectivity index (χ1v) is 12.1. The van der Waals surface area contributed by atoms with Crippen molar-refractivity contribution in [3.8, 4) is 5.75 Å². The number of aliphatic hydroxyl groups is 1. The Morgan fingerprint density at radius 3 is 2.77 bits per heavy atom. The Morgan fingerprint density at radius 1 is 1.45 bits per heavy atom. The predicted octanol–water partition coefficient (Wildman–Crippen LogP) is 2.54. The number of carbonyl (C=O) groups is 1. The van der Waals surface area contributed by atoms with Gasteiger partial charge in [0.2, 0.25) is 10.0 Å². The number of hydrogen-bond acceptors (Lipinski definition) is 5. The van der Waals surface area contributed by atoms with Gasteiger partial charge in [-0.15, -0.1) is 0 Å². The second-order valence-electron chi connectivity index (χ2n) is 8.06. The third kappa shape index (κ3) is 5.99. The number of amides is 2. The van der Waals surface area contributed by atoms with Crippen LogP contribution < -0.4 is 10.1 Å². The quantitative estimate of drug-likeness (QED) is 0.661. The molecule has 0 aromatic heterocycles. The summed E-state index contributed by atoms with van der Waals surface area (Å²) >= 11 is 0. The minimum absolute atomic E-state index is 0.0658. The summed E-state index contributed by atoms with van der Waals surface area (Å²) in [6.07, 6.45) is 4.14. The van der Waals surface area contributed by atoms with E-state index in [1.165, 1.54) is 4.31 Å². The van der Waals surface area contributed by atoms with Crippen LogP contribution in [-0.4, -0.2) is 74.2 Å². The number of sulfonamides is 1. The van der Waals surface area contributed by atoms with Crippen LogP contribution in [0.5, 0.6) is 5.75 Å². The fraction of sp³-hybridized carbons (Fsp3) is 0.591. The summed E-state index contributed by atoms with van der Waals surface area (Å²) in [5.41, 5.74) is 0.819. The van der Waals surface area contributed by atoms with Gasteiger partial charge in [0.15, 0.2) is 0 Å². The van der Waals surface area contributed by atoms with Crippen molar-refractivity contribution in [1.29, 1.82) is 0 Å². The van der Waals surface area contributed by atoms with Gasteiger partial charge in [0.05, 0.1) is 13.2 Å². The standard InChI is InChI=1S/C22H35N3O5S/c1-6-8-18-9-10-21-19(12-18)30-20(14-24(5)22(27)23-11-7-2)16(3)13-25(17(4)15-26)31(21,28)29/h6,8-10,12,16-17,20,26H,7,11,13-15H2,1-5H3,(H,23,27)/t16-,17+,20+/m1/s1. The number of hydrogen-bond donors (Lipinski definition) is 2. The van der Waals surface area contributed by atoms with Gasteiger partial charge >= 0.3 is 6.03 Å². The van der Waals surface area contributed by atoms with E-state index >= 15 is 0 Å². The van der Waals surface area contributed by atoms with E-state index in [9.17, 15) is 18.3 Å². The number of rotatable bonds is 7. The average molecular weight is 454 g/mol. The molecule has 2 amide bonds. The van der Waals surface area contributed by atoms with Crippen molar-refractivity contribution in [2.75, 3.05) is 33.3 Å². The molecule has 1 aromatic carbocycles. The monoisotopic (exact) mass is 453 g/mol. The van der Waals surface area contributed by atoms with E-state index < -0.39 is 22.2 Å². The number of carbonyl (C=O) groups excluding carboxylic acids is 1. The molecule has 0 aliphatic carbocycles. The molecule has 0 unspecified atom stereocenters. The van der Waals surface area contributed by atoms with Crippen molar-refractivity contribution in [1.82, 2.24) is 14.5 Å². The molecule has 1 heterocycles. The molecular formula is C22H35N3O5S. The zero-order valence-corrected chi connectivity index (χ0v) is 19.9. The number of likely N-dealkylation sites (N-methyl/N-ethyl adjacent to an activating group) is 1. The van der Waals surface area contributed by atoms with Crippen molar-refractivity contribution in [2.45, 2.75) is 51.2 Å².